The van der Waals surface area contributed by atoms with E-state index in [4.69, 9.17) is 14.6 Å². The molecule has 192 valence electrons. The number of anilines is 2. The van der Waals surface area contributed by atoms with Crippen LogP contribution in [0.3, 0.4) is 0 Å². The van der Waals surface area contributed by atoms with Crippen LogP contribution in [0, 0.1) is 0 Å². The van der Waals surface area contributed by atoms with Gasteiger partial charge in [0.1, 0.15) is 24.7 Å². The number of fused-ring (bicyclic) bond motifs is 1. The van der Waals surface area contributed by atoms with Crippen molar-refractivity contribution < 1.29 is 9.47 Å². The van der Waals surface area contributed by atoms with Gasteiger partial charge in [-0.15, -0.1) is 5.10 Å². The fourth-order valence-electron chi connectivity index (χ4n) is 4.73. The van der Waals surface area contributed by atoms with Crippen LogP contribution < -0.4 is 14.8 Å². The number of nitrogens with one attached hydrogen (secondary N) is 1. The average molecular weight is 506 g/mol. The Morgan fingerprint density at radius 2 is 1.58 bits per heavy atom. The van der Waals surface area contributed by atoms with Crippen molar-refractivity contribution in [2.24, 2.45) is 0 Å². The Morgan fingerprint density at radius 3 is 2.42 bits per heavy atom. The van der Waals surface area contributed by atoms with E-state index in [-0.39, 0.29) is 0 Å². The van der Waals surface area contributed by atoms with Crippen molar-refractivity contribution >= 4 is 17.3 Å². The summed E-state index contributed by atoms with van der Waals surface area (Å²) in [5.74, 6) is 2.22. The van der Waals surface area contributed by atoms with E-state index >= 15 is 0 Å². The number of rotatable bonds is 10. The van der Waals surface area contributed by atoms with Gasteiger partial charge in [0.15, 0.2) is 5.65 Å². The summed E-state index contributed by atoms with van der Waals surface area (Å²) >= 11 is 0. The molecule has 3 aromatic carbocycles. The Labute approximate surface area is 222 Å². The Hall–Kier alpha value is -4.36. The summed E-state index contributed by atoms with van der Waals surface area (Å²) in [5.41, 5.74) is 4.75. The largest absolute Gasteiger partial charge is 0.492 e. The van der Waals surface area contributed by atoms with Crippen molar-refractivity contribution in [3.63, 3.8) is 0 Å². The Morgan fingerprint density at radius 1 is 0.763 bits per heavy atom. The number of hydrogen-bond acceptors (Lipinski definition) is 6. The molecule has 1 N–H and O–H groups in total. The maximum Gasteiger partial charge on any atom is 0.247 e. The molecule has 2 aromatic heterocycles. The average Bonchev–Trinajstić information content (AvgIpc) is 3.63. The molecule has 0 saturated carbocycles. The third-order valence-corrected chi connectivity index (χ3v) is 6.72. The Balaban J connectivity index is 1.13. The molecule has 1 saturated heterocycles. The molecule has 3 heterocycles. The third-order valence-electron chi connectivity index (χ3n) is 6.72. The highest BCUT2D eigenvalue weighted by atomic mass is 16.5. The van der Waals surface area contributed by atoms with Crippen molar-refractivity contribution in [3.8, 4) is 22.8 Å². The predicted molar refractivity (Wildman–Crippen MR) is 150 cm³/mol. The molecule has 0 radical (unpaired) electrons. The lowest BCUT2D eigenvalue weighted by atomic mass is 10.1. The lowest BCUT2D eigenvalue weighted by Gasteiger charge is -2.15. The normalized spacial score (nSPS) is 13.6. The number of benzene rings is 3. The van der Waals surface area contributed by atoms with Gasteiger partial charge in [-0.1, -0.05) is 48.5 Å². The van der Waals surface area contributed by atoms with Crippen LogP contribution in [-0.2, 0) is 6.61 Å². The summed E-state index contributed by atoms with van der Waals surface area (Å²) < 4.78 is 13.8. The first kappa shape index (κ1) is 24.0. The molecule has 0 atom stereocenters. The van der Waals surface area contributed by atoms with E-state index in [0.717, 1.165) is 46.2 Å². The molecule has 7 heteroatoms. The van der Waals surface area contributed by atoms with Crippen LogP contribution in [0.15, 0.2) is 97.1 Å². The molecular weight excluding hydrogens is 474 g/mol. The fraction of sp³-hybridized carbons (Fsp3) is 0.226. The predicted octanol–water partition coefficient (Wildman–Crippen LogP) is 6.19. The summed E-state index contributed by atoms with van der Waals surface area (Å²) in [7, 11) is 0. The molecular formula is C31H31N5O2. The van der Waals surface area contributed by atoms with Gasteiger partial charge in [0.2, 0.25) is 5.95 Å². The third kappa shape index (κ3) is 5.79. The maximum atomic E-state index is 6.04. The molecule has 6 rings (SSSR count). The van der Waals surface area contributed by atoms with Gasteiger partial charge in [0.25, 0.3) is 0 Å². The summed E-state index contributed by atoms with van der Waals surface area (Å²) in [6.45, 7) is 4.59. The lowest BCUT2D eigenvalue weighted by molar-refractivity contribution is 0.238. The zero-order valence-corrected chi connectivity index (χ0v) is 21.3. The zero-order chi connectivity index (χ0) is 25.6. The van der Waals surface area contributed by atoms with Crippen LogP contribution in [0.25, 0.3) is 16.9 Å². The minimum absolute atomic E-state index is 0.522. The van der Waals surface area contributed by atoms with E-state index in [1.54, 1.807) is 0 Å². The molecule has 38 heavy (non-hydrogen) atoms. The first-order valence-electron chi connectivity index (χ1n) is 13.2. The smallest absolute Gasteiger partial charge is 0.247 e. The Bertz CT molecular complexity index is 1480. The highest BCUT2D eigenvalue weighted by molar-refractivity contribution is 5.66. The first-order chi connectivity index (χ1) is 18.8. The van der Waals surface area contributed by atoms with Crippen molar-refractivity contribution in [2.45, 2.75) is 19.4 Å². The number of ether oxygens (including phenoxy) is 2. The van der Waals surface area contributed by atoms with Gasteiger partial charge in [-0.2, -0.15) is 4.98 Å². The van der Waals surface area contributed by atoms with Gasteiger partial charge in [-0.25, -0.2) is 4.52 Å². The van der Waals surface area contributed by atoms with Gasteiger partial charge in [-0.05, 0) is 80.0 Å². The van der Waals surface area contributed by atoms with Crippen molar-refractivity contribution in [3.05, 3.63) is 103 Å². The molecule has 0 amide bonds. The van der Waals surface area contributed by atoms with Crippen LogP contribution >= 0.6 is 0 Å². The van der Waals surface area contributed by atoms with E-state index in [1.165, 1.54) is 25.9 Å². The van der Waals surface area contributed by atoms with Crippen LogP contribution in [0.4, 0.5) is 11.6 Å². The SMILES string of the molecule is c1ccc(COc2cccc(-c3cccc4nc(Nc5ccc(OCCN6CCCC6)cc5)nn34)c2)cc1. The topological polar surface area (TPSA) is 63.9 Å². The highest BCUT2D eigenvalue weighted by Gasteiger charge is 2.12. The molecule has 7 nitrogen and oxygen atoms in total. The molecule has 1 fully saturated rings. The van der Waals surface area contributed by atoms with Crippen molar-refractivity contribution in [1.82, 2.24) is 19.5 Å². The van der Waals surface area contributed by atoms with Crippen LogP contribution in [-0.4, -0.2) is 45.7 Å². The molecule has 0 unspecified atom stereocenters. The van der Waals surface area contributed by atoms with Gasteiger partial charge >= 0.3 is 0 Å². The van der Waals surface area contributed by atoms with Crippen molar-refractivity contribution in [1.29, 1.82) is 0 Å². The fourth-order valence-corrected chi connectivity index (χ4v) is 4.73. The second kappa shape index (κ2) is 11.4. The number of pyridine rings is 1. The molecule has 5 aromatic rings. The summed E-state index contributed by atoms with van der Waals surface area (Å²) in [4.78, 5) is 7.13. The maximum absolute atomic E-state index is 6.04. The highest BCUT2D eigenvalue weighted by Crippen LogP contribution is 2.26. The zero-order valence-electron chi connectivity index (χ0n) is 21.3. The first-order valence-corrected chi connectivity index (χ1v) is 13.2. The molecule has 0 spiro atoms. The number of aromatic nitrogens is 3. The Kier molecular flexibility index (Phi) is 7.17. The standard InChI is InChI=1S/C31H31N5O2/c1-2-8-24(9-3-1)23-38-28-11-6-10-25(22-28)29-12-7-13-30-33-31(34-36(29)30)32-26-14-16-27(17-15-26)37-21-20-35-18-4-5-19-35/h1-3,6-17,22H,4-5,18-21,23H2,(H,32,34). The summed E-state index contributed by atoms with van der Waals surface area (Å²) in [6.07, 6.45) is 2.60. The molecule has 0 bridgehead atoms. The quantitative estimate of drug-likeness (QED) is 0.244. The monoisotopic (exact) mass is 505 g/mol. The molecule has 1 aliphatic heterocycles. The summed E-state index contributed by atoms with van der Waals surface area (Å²) in [6, 6.07) is 32.2. The molecule has 1 aliphatic rings. The van der Waals surface area contributed by atoms with E-state index in [9.17, 15) is 0 Å². The number of likely N-dealkylation sites (tertiary alicyclic amines) is 1. The number of hydrogen-bond donors (Lipinski definition) is 1. The van der Waals surface area contributed by atoms with E-state index < -0.39 is 0 Å². The minimum atomic E-state index is 0.522. The van der Waals surface area contributed by atoms with E-state index in [1.807, 2.05) is 83.4 Å². The molecule has 0 aliphatic carbocycles. The minimum Gasteiger partial charge on any atom is -0.492 e. The second-order valence-corrected chi connectivity index (χ2v) is 9.47. The lowest BCUT2D eigenvalue weighted by Crippen LogP contribution is -2.25. The van der Waals surface area contributed by atoms with E-state index in [2.05, 4.69) is 33.4 Å². The summed E-state index contributed by atoms with van der Waals surface area (Å²) in [5, 5.41) is 8.06. The van der Waals surface area contributed by atoms with Crippen LogP contribution in [0.1, 0.15) is 18.4 Å². The van der Waals surface area contributed by atoms with Gasteiger partial charge in [0.05, 0.1) is 5.69 Å². The number of nitrogens with zero attached hydrogens (tertiary/aromatic N) is 4. The van der Waals surface area contributed by atoms with E-state index in [0.29, 0.717) is 19.2 Å². The van der Waals surface area contributed by atoms with Gasteiger partial charge < -0.3 is 14.8 Å². The van der Waals surface area contributed by atoms with Crippen LogP contribution in [0.5, 0.6) is 11.5 Å². The van der Waals surface area contributed by atoms with Gasteiger partial charge in [0, 0.05) is 17.8 Å². The second-order valence-electron chi connectivity index (χ2n) is 9.47. The van der Waals surface area contributed by atoms with Gasteiger partial charge in [-0.3, -0.25) is 4.90 Å². The van der Waals surface area contributed by atoms with Crippen molar-refractivity contribution in [2.75, 3.05) is 31.6 Å². The van der Waals surface area contributed by atoms with Crippen LogP contribution in [0.2, 0.25) is 0 Å².